The summed E-state index contributed by atoms with van der Waals surface area (Å²) >= 11 is 0. The molecule has 6 heteroatoms. The lowest BCUT2D eigenvalue weighted by Gasteiger charge is -1.90. The second kappa shape index (κ2) is 2.91. The van der Waals surface area contributed by atoms with Crippen molar-refractivity contribution in [3.05, 3.63) is 23.7 Å². The fraction of sp³-hybridized carbons (Fsp3) is 0. The number of hydrogen-bond acceptors (Lipinski definition) is 3. The van der Waals surface area contributed by atoms with Gasteiger partial charge in [-0.1, -0.05) is 0 Å². The summed E-state index contributed by atoms with van der Waals surface area (Å²) < 4.78 is 0. The Morgan fingerprint density at radius 2 is 2.07 bits per heavy atom. The highest BCUT2D eigenvalue weighted by molar-refractivity contribution is 6.13. The maximum absolute atomic E-state index is 11.1. The first-order valence-electron chi connectivity index (χ1n) is 3.86. The molecule has 14 heavy (non-hydrogen) atoms. The Bertz CT molecular complexity index is 433. The van der Waals surface area contributed by atoms with Crippen molar-refractivity contribution >= 4 is 18.0 Å². The number of urea groups is 1. The van der Waals surface area contributed by atoms with Gasteiger partial charge in [0, 0.05) is 18.0 Å². The molecule has 0 atom stereocenters. The molecule has 2 rings (SSSR count). The van der Waals surface area contributed by atoms with E-state index in [1.165, 1.54) is 18.3 Å². The van der Waals surface area contributed by atoms with E-state index in [9.17, 15) is 9.59 Å². The van der Waals surface area contributed by atoms with Crippen LogP contribution in [0.1, 0.15) is 5.69 Å². The second-order valence-corrected chi connectivity index (χ2v) is 2.78. The lowest BCUT2D eigenvalue weighted by atomic mass is 10.3. The lowest BCUT2D eigenvalue weighted by molar-refractivity contribution is -0.115. The van der Waals surface area contributed by atoms with E-state index < -0.39 is 11.9 Å². The minimum atomic E-state index is -0.544. The number of hydrogen-bond donors (Lipinski definition) is 4. The fourth-order valence-electron chi connectivity index (χ4n) is 1.12. The number of aromatic amines is 1. The van der Waals surface area contributed by atoms with E-state index >= 15 is 0 Å². The molecule has 1 saturated heterocycles. The van der Waals surface area contributed by atoms with Gasteiger partial charge in [-0.25, -0.2) is 4.79 Å². The summed E-state index contributed by atoms with van der Waals surface area (Å²) in [6, 6.07) is 0.891. The van der Waals surface area contributed by atoms with Gasteiger partial charge in [0.2, 0.25) is 0 Å². The third-order valence-electron chi connectivity index (χ3n) is 1.71. The Balaban J connectivity index is 2.27. The predicted molar refractivity (Wildman–Crippen MR) is 47.1 cm³/mol. The Morgan fingerprint density at radius 1 is 1.29 bits per heavy atom. The molecular formula is C8H7N3O3. The number of aromatic nitrogens is 1. The van der Waals surface area contributed by atoms with Crippen LogP contribution < -0.4 is 10.6 Å². The minimum Gasteiger partial charge on any atom is -0.506 e. The van der Waals surface area contributed by atoms with Crippen LogP contribution in [0.4, 0.5) is 4.79 Å². The number of imide groups is 1. The quantitative estimate of drug-likeness (QED) is 0.370. The van der Waals surface area contributed by atoms with Crippen molar-refractivity contribution in [1.82, 2.24) is 15.6 Å². The molecule has 1 aliphatic heterocycles. The van der Waals surface area contributed by atoms with Gasteiger partial charge in [0.15, 0.2) is 0 Å². The van der Waals surface area contributed by atoms with Crippen LogP contribution >= 0.6 is 0 Å². The summed E-state index contributed by atoms with van der Waals surface area (Å²) in [4.78, 5) is 24.5. The Morgan fingerprint density at radius 3 is 2.57 bits per heavy atom. The first kappa shape index (κ1) is 8.36. The first-order valence-corrected chi connectivity index (χ1v) is 3.86. The molecule has 1 aromatic rings. The van der Waals surface area contributed by atoms with Gasteiger partial charge in [0.05, 0.1) is 0 Å². The molecule has 1 aliphatic rings. The molecule has 0 saturated carbocycles. The molecule has 6 nitrogen and oxygen atoms in total. The minimum absolute atomic E-state index is 0.0709. The number of rotatable bonds is 1. The molecule has 0 unspecified atom stereocenters. The largest absolute Gasteiger partial charge is 0.506 e. The third-order valence-corrected chi connectivity index (χ3v) is 1.71. The van der Waals surface area contributed by atoms with Gasteiger partial charge < -0.3 is 15.4 Å². The number of carbonyl (C=O) groups is 2. The van der Waals surface area contributed by atoms with Crippen LogP contribution in [0.2, 0.25) is 0 Å². The SMILES string of the molecule is O=C1NC(=O)/C(=C/c2cc(O)c[nH]2)N1. The zero-order chi connectivity index (χ0) is 10.1. The van der Waals surface area contributed by atoms with E-state index in [1.807, 2.05) is 0 Å². The summed E-state index contributed by atoms with van der Waals surface area (Å²) in [5.74, 6) is -0.411. The van der Waals surface area contributed by atoms with E-state index in [4.69, 9.17) is 5.11 Å². The molecule has 0 radical (unpaired) electrons. The van der Waals surface area contributed by atoms with Crippen molar-refractivity contribution in [3.63, 3.8) is 0 Å². The third kappa shape index (κ3) is 1.45. The molecule has 1 aromatic heterocycles. The molecule has 0 aromatic carbocycles. The van der Waals surface area contributed by atoms with Crippen LogP contribution in [0.25, 0.3) is 6.08 Å². The second-order valence-electron chi connectivity index (χ2n) is 2.78. The van der Waals surface area contributed by atoms with Gasteiger partial charge in [-0.05, 0) is 6.08 Å². The zero-order valence-corrected chi connectivity index (χ0v) is 7.00. The highest BCUT2D eigenvalue weighted by atomic mass is 16.3. The molecule has 0 bridgehead atoms. The summed E-state index contributed by atoms with van der Waals surface area (Å²) in [5, 5.41) is 13.4. The highest BCUT2D eigenvalue weighted by Crippen LogP contribution is 2.13. The molecule has 72 valence electrons. The number of aromatic hydroxyl groups is 1. The van der Waals surface area contributed by atoms with E-state index in [0.717, 1.165) is 0 Å². The number of carbonyl (C=O) groups excluding carboxylic acids is 2. The molecule has 1 fully saturated rings. The van der Waals surface area contributed by atoms with Crippen LogP contribution in [0.5, 0.6) is 5.75 Å². The summed E-state index contributed by atoms with van der Waals surface area (Å²) in [7, 11) is 0. The van der Waals surface area contributed by atoms with Gasteiger partial charge in [-0.3, -0.25) is 10.1 Å². The van der Waals surface area contributed by atoms with E-state index in [0.29, 0.717) is 5.69 Å². The van der Waals surface area contributed by atoms with Crippen LogP contribution in [0.15, 0.2) is 18.0 Å². The van der Waals surface area contributed by atoms with Gasteiger partial charge in [-0.2, -0.15) is 0 Å². The average Bonchev–Trinajstić information content (AvgIpc) is 2.61. The average molecular weight is 193 g/mol. The number of nitrogens with one attached hydrogen (secondary N) is 3. The van der Waals surface area contributed by atoms with Gasteiger partial charge >= 0.3 is 6.03 Å². The van der Waals surface area contributed by atoms with Crippen molar-refractivity contribution in [1.29, 1.82) is 0 Å². The Kier molecular flexibility index (Phi) is 1.74. The van der Waals surface area contributed by atoms with Gasteiger partial charge in [0.25, 0.3) is 5.91 Å². The number of amides is 3. The normalized spacial score (nSPS) is 18.4. The smallest absolute Gasteiger partial charge is 0.326 e. The lowest BCUT2D eigenvalue weighted by Crippen LogP contribution is -2.22. The van der Waals surface area contributed by atoms with Crippen LogP contribution in [-0.2, 0) is 4.79 Å². The summed E-state index contributed by atoms with van der Waals surface area (Å²) in [6.07, 6.45) is 2.81. The predicted octanol–water partition coefficient (Wildman–Crippen LogP) is -0.0994. The van der Waals surface area contributed by atoms with Gasteiger partial charge in [0.1, 0.15) is 11.4 Å². The number of H-pyrrole nitrogens is 1. The van der Waals surface area contributed by atoms with Crippen molar-refractivity contribution in [2.45, 2.75) is 0 Å². The summed E-state index contributed by atoms with van der Waals surface area (Å²) in [5.41, 5.74) is 0.687. The Hall–Kier alpha value is -2.24. The molecule has 0 spiro atoms. The van der Waals surface area contributed by atoms with E-state index in [-0.39, 0.29) is 11.4 Å². The topological polar surface area (TPSA) is 94.2 Å². The standard InChI is InChI=1S/C8H7N3O3/c12-5-1-4(9-3-5)2-6-7(13)11-8(14)10-6/h1-3,9,12H,(H2,10,11,13,14)/b6-2-. The van der Waals surface area contributed by atoms with Crippen molar-refractivity contribution in [2.24, 2.45) is 0 Å². The monoisotopic (exact) mass is 193 g/mol. The zero-order valence-electron chi connectivity index (χ0n) is 7.00. The van der Waals surface area contributed by atoms with Crippen molar-refractivity contribution in [2.75, 3.05) is 0 Å². The van der Waals surface area contributed by atoms with Crippen molar-refractivity contribution in [3.8, 4) is 5.75 Å². The van der Waals surface area contributed by atoms with Crippen LogP contribution in [-0.4, -0.2) is 22.0 Å². The van der Waals surface area contributed by atoms with Gasteiger partial charge in [-0.15, -0.1) is 0 Å². The first-order chi connectivity index (χ1) is 6.65. The molecule has 2 heterocycles. The fourth-order valence-corrected chi connectivity index (χ4v) is 1.12. The maximum atomic E-state index is 11.1. The van der Waals surface area contributed by atoms with Crippen LogP contribution in [0.3, 0.4) is 0 Å². The molecule has 3 amide bonds. The molecule has 4 N–H and O–H groups in total. The van der Waals surface area contributed by atoms with Crippen LogP contribution in [0, 0.1) is 0 Å². The van der Waals surface area contributed by atoms with E-state index in [1.54, 1.807) is 0 Å². The summed E-state index contributed by atoms with van der Waals surface area (Å²) in [6.45, 7) is 0. The molecular weight excluding hydrogens is 186 g/mol. The van der Waals surface area contributed by atoms with E-state index in [2.05, 4.69) is 15.6 Å². The Labute approximate surface area is 78.6 Å². The maximum Gasteiger partial charge on any atom is 0.326 e. The van der Waals surface area contributed by atoms with Crippen molar-refractivity contribution < 1.29 is 14.7 Å². The molecule has 0 aliphatic carbocycles. The highest BCUT2D eigenvalue weighted by Gasteiger charge is 2.22.